The largest absolute Gasteiger partial charge is 0.343 e. The zero-order valence-corrected chi connectivity index (χ0v) is 22.1. The van der Waals surface area contributed by atoms with Crippen molar-refractivity contribution in [2.45, 2.75) is 64.8 Å². The molecule has 186 valence electrons. The fraction of sp³-hybridized carbons (Fsp3) is 0.364. The third-order valence-corrected chi connectivity index (χ3v) is 7.68. The summed E-state index contributed by atoms with van der Waals surface area (Å²) < 4.78 is 2.35. The Kier molecular flexibility index (Phi) is 6.75. The minimum atomic E-state index is 0.0243. The summed E-state index contributed by atoms with van der Waals surface area (Å²) in [6, 6.07) is 26.4. The standard InChI is InChI=1S/C33H38N2O/c1-24-11-13-25(14-12-24)22-35-23-30(28-9-5-6-10-31(28)35)29(21-32(36)34-19-7-8-20-34)26-15-17-27(18-16-26)33(2,3)4/h5-6,9-18,23,29H,7-8,19-22H2,1-4H3/t29-/m1/s1. The third kappa shape index (κ3) is 5.11. The molecular formula is C33H38N2O. The minimum Gasteiger partial charge on any atom is -0.343 e. The van der Waals surface area contributed by atoms with Crippen LogP contribution < -0.4 is 0 Å². The fourth-order valence-electron chi connectivity index (χ4n) is 5.47. The monoisotopic (exact) mass is 478 g/mol. The first-order valence-corrected chi connectivity index (χ1v) is 13.3. The van der Waals surface area contributed by atoms with Gasteiger partial charge in [0.05, 0.1) is 0 Å². The van der Waals surface area contributed by atoms with E-state index < -0.39 is 0 Å². The van der Waals surface area contributed by atoms with Crippen LogP contribution in [0.15, 0.2) is 79.0 Å². The van der Waals surface area contributed by atoms with E-state index in [4.69, 9.17) is 0 Å². The van der Waals surface area contributed by atoms with Crippen molar-refractivity contribution in [2.24, 2.45) is 0 Å². The van der Waals surface area contributed by atoms with Crippen LogP contribution in [0.5, 0.6) is 0 Å². The topological polar surface area (TPSA) is 25.2 Å². The highest BCUT2D eigenvalue weighted by atomic mass is 16.2. The maximum atomic E-state index is 13.4. The van der Waals surface area contributed by atoms with Crippen molar-refractivity contribution in [3.63, 3.8) is 0 Å². The number of benzene rings is 3. The summed E-state index contributed by atoms with van der Waals surface area (Å²) in [6.45, 7) is 11.5. The molecule has 3 aromatic carbocycles. The molecule has 0 saturated carbocycles. The lowest BCUT2D eigenvalue weighted by Gasteiger charge is -2.23. The first kappa shape index (κ1) is 24.4. The third-order valence-electron chi connectivity index (χ3n) is 7.68. The molecule has 0 unspecified atom stereocenters. The number of aryl methyl sites for hydroxylation is 1. The average molecular weight is 479 g/mol. The average Bonchev–Trinajstić information content (AvgIpc) is 3.53. The van der Waals surface area contributed by atoms with Gasteiger partial charge in [-0.05, 0) is 53.5 Å². The smallest absolute Gasteiger partial charge is 0.223 e. The number of amides is 1. The van der Waals surface area contributed by atoms with Gasteiger partial charge >= 0.3 is 0 Å². The highest BCUT2D eigenvalue weighted by Gasteiger charge is 2.27. The van der Waals surface area contributed by atoms with Crippen molar-refractivity contribution in [1.29, 1.82) is 0 Å². The highest BCUT2D eigenvalue weighted by Crippen LogP contribution is 2.37. The van der Waals surface area contributed by atoms with Crippen LogP contribution in [0.1, 0.15) is 73.8 Å². The molecule has 2 heterocycles. The second kappa shape index (κ2) is 9.97. The van der Waals surface area contributed by atoms with Gasteiger partial charge in [-0.2, -0.15) is 0 Å². The molecule has 5 rings (SSSR count). The normalized spacial score (nSPS) is 14.9. The number of carbonyl (C=O) groups excluding carboxylic acids is 1. The molecule has 1 aliphatic rings. The summed E-state index contributed by atoms with van der Waals surface area (Å²) in [6.07, 6.45) is 5.04. The summed E-state index contributed by atoms with van der Waals surface area (Å²) in [4.78, 5) is 15.5. The number of aromatic nitrogens is 1. The quantitative estimate of drug-likeness (QED) is 0.283. The number of hydrogen-bond acceptors (Lipinski definition) is 1. The molecule has 0 N–H and O–H groups in total. The van der Waals surface area contributed by atoms with Crippen molar-refractivity contribution in [3.05, 3.63) is 107 Å². The zero-order chi connectivity index (χ0) is 25.3. The molecule has 4 aromatic rings. The lowest BCUT2D eigenvalue weighted by Crippen LogP contribution is -2.29. The van der Waals surface area contributed by atoms with Gasteiger partial charge in [0.2, 0.25) is 5.91 Å². The number of nitrogens with zero attached hydrogens (tertiary/aromatic N) is 2. The van der Waals surface area contributed by atoms with E-state index in [1.807, 2.05) is 0 Å². The maximum Gasteiger partial charge on any atom is 0.223 e. The Bertz CT molecular complexity index is 1330. The van der Waals surface area contributed by atoms with Crippen LogP contribution in [0.4, 0.5) is 0 Å². The predicted octanol–water partition coefficient (Wildman–Crippen LogP) is 7.44. The van der Waals surface area contributed by atoms with Crippen LogP contribution in [-0.2, 0) is 16.8 Å². The summed E-state index contributed by atoms with van der Waals surface area (Å²) in [5.74, 6) is 0.295. The molecule has 0 bridgehead atoms. The second-order valence-corrected chi connectivity index (χ2v) is 11.4. The molecule has 1 atom stereocenters. The van der Waals surface area contributed by atoms with E-state index in [2.05, 4.69) is 116 Å². The molecule has 0 aliphatic carbocycles. The molecular weight excluding hydrogens is 440 g/mol. The van der Waals surface area contributed by atoms with Crippen LogP contribution >= 0.6 is 0 Å². The highest BCUT2D eigenvalue weighted by molar-refractivity contribution is 5.87. The van der Waals surface area contributed by atoms with E-state index in [9.17, 15) is 4.79 Å². The lowest BCUT2D eigenvalue weighted by molar-refractivity contribution is -0.130. The molecule has 1 aliphatic heterocycles. The van der Waals surface area contributed by atoms with E-state index >= 15 is 0 Å². The van der Waals surface area contributed by atoms with Gasteiger partial charge in [-0.15, -0.1) is 0 Å². The lowest BCUT2D eigenvalue weighted by atomic mass is 9.83. The number of para-hydroxylation sites is 1. The van der Waals surface area contributed by atoms with E-state index in [-0.39, 0.29) is 17.2 Å². The molecule has 3 heteroatoms. The van der Waals surface area contributed by atoms with Crippen LogP contribution in [0.3, 0.4) is 0 Å². The van der Waals surface area contributed by atoms with Gasteiger partial charge in [0.1, 0.15) is 0 Å². The van der Waals surface area contributed by atoms with Crippen molar-refractivity contribution in [2.75, 3.05) is 13.1 Å². The number of rotatable bonds is 6. The predicted molar refractivity (Wildman–Crippen MR) is 150 cm³/mol. The fourth-order valence-corrected chi connectivity index (χ4v) is 5.47. The van der Waals surface area contributed by atoms with Gasteiger partial charge < -0.3 is 9.47 Å². The zero-order valence-electron chi connectivity index (χ0n) is 22.1. The summed E-state index contributed by atoms with van der Waals surface area (Å²) >= 11 is 0. The number of carbonyl (C=O) groups is 1. The molecule has 1 fully saturated rings. The molecule has 1 saturated heterocycles. The number of hydrogen-bond donors (Lipinski definition) is 0. The summed E-state index contributed by atoms with van der Waals surface area (Å²) in [5.41, 5.74) is 7.66. The second-order valence-electron chi connectivity index (χ2n) is 11.4. The van der Waals surface area contributed by atoms with E-state index in [1.165, 1.54) is 38.7 Å². The molecule has 36 heavy (non-hydrogen) atoms. The van der Waals surface area contributed by atoms with E-state index in [0.29, 0.717) is 6.42 Å². The molecule has 1 aromatic heterocycles. The van der Waals surface area contributed by atoms with E-state index in [1.54, 1.807) is 0 Å². The number of likely N-dealkylation sites (tertiary alicyclic amines) is 1. The Morgan fingerprint density at radius 3 is 2.22 bits per heavy atom. The Labute approximate surface area is 215 Å². The van der Waals surface area contributed by atoms with E-state index in [0.717, 1.165) is 32.5 Å². The number of fused-ring (bicyclic) bond motifs is 1. The SMILES string of the molecule is Cc1ccc(Cn2cc([C@H](CC(=O)N3CCCC3)c3ccc(C(C)(C)C)cc3)c3ccccc32)cc1. The van der Waals surface area contributed by atoms with Gasteiger partial charge in [-0.3, -0.25) is 4.79 Å². The van der Waals surface area contributed by atoms with Gasteiger partial charge in [0.15, 0.2) is 0 Å². The molecule has 0 spiro atoms. The van der Waals surface area contributed by atoms with Gasteiger partial charge in [0, 0.05) is 49.1 Å². The Morgan fingerprint density at radius 2 is 1.56 bits per heavy atom. The van der Waals surface area contributed by atoms with Crippen LogP contribution in [-0.4, -0.2) is 28.5 Å². The van der Waals surface area contributed by atoms with Crippen LogP contribution in [0, 0.1) is 6.92 Å². The van der Waals surface area contributed by atoms with Gasteiger partial charge in [0.25, 0.3) is 0 Å². The Morgan fingerprint density at radius 1 is 0.889 bits per heavy atom. The molecule has 0 radical (unpaired) electrons. The summed E-state index contributed by atoms with van der Waals surface area (Å²) in [7, 11) is 0. The Hall–Kier alpha value is -3.33. The summed E-state index contributed by atoms with van der Waals surface area (Å²) in [5, 5.41) is 1.24. The van der Waals surface area contributed by atoms with Crippen molar-refractivity contribution in [3.8, 4) is 0 Å². The minimum absolute atomic E-state index is 0.0243. The van der Waals surface area contributed by atoms with Gasteiger partial charge in [-0.1, -0.05) is 93.1 Å². The van der Waals surface area contributed by atoms with Crippen molar-refractivity contribution >= 4 is 16.8 Å². The van der Waals surface area contributed by atoms with Gasteiger partial charge in [-0.25, -0.2) is 0 Å². The van der Waals surface area contributed by atoms with Crippen molar-refractivity contribution in [1.82, 2.24) is 9.47 Å². The molecule has 3 nitrogen and oxygen atoms in total. The first-order valence-electron chi connectivity index (χ1n) is 13.3. The first-order chi connectivity index (χ1) is 17.3. The van der Waals surface area contributed by atoms with Crippen LogP contribution in [0.2, 0.25) is 0 Å². The molecule has 1 amide bonds. The Balaban J connectivity index is 1.57. The maximum absolute atomic E-state index is 13.4. The van der Waals surface area contributed by atoms with Crippen LogP contribution in [0.25, 0.3) is 10.9 Å². The van der Waals surface area contributed by atoms with Crippen molar-refractivity contribution < 1.29 is 4.79 Å².